The Bertz CT molecular complexity index is 300. The van der Waals surface area contributed by atoms with Gasteiger partial charge >= 0.3 is 19.8 Å². The average Bonchev–Trinajstić information content (AvgIpc) is 2.77. The molecule has 1 aliphatic heterocycles. The summed E-state index contributed by atoms with van der Waals surface area (Å²) in [6.45, 7) is -1.68. The minimum absolute atomic E-state index is 0. The molecule has 141 valence electrons. The molecule has 7 atom stereocenters. The molecule has 11 nitrogen and oxygen atoms in total. The Hall–Kier alpha value is 0.196. The Morgan fingerprint density at radius 1 is 1.09 bits per heavy atom. The second kappa shape index (κ2) is 11.7. The third-order valence-electron chi connectivity index (χ3n) is 3.01. The third-order valence-corrected chi connectivity index (χ3v) is 3.01. The molecule has 1 saturated heterocycles. The van der Waals surface area contributed by atoms with Crippen LogP contribution in [0.4, 0.5) is 0 Å². The van der Waals surface area contributed by atoms with Gasteiger partial charge in [0.2, 0.25) is 5.79 Å². The van der Waals surface area contributed by atoms with Gasteiger partial charge in [-0.1, -0.05) is 0 Å². The van der Waals surface area contributed by atoms with Crippen LogP contribution in [0.1, 0.15) is 0 Å². The predicted molar refractivity (Wildman–Crippen MR) is 67.4 cm³/mol. The standard InChI is InChI=1S/C6H12O6.C5H11O5.Os/c7-1-3-4(9)5(10)6(11,2-8)12-3;6-1-3(8)5(10)4(9)2-7;/h3-5,7-11H,1-2H2;1,3-10H,2H2;/q;-1;+1/t3-,4-,5+,6?;3-,4-,5+;/m11./s1. The molecule has 0 bridgehead atoms. The first-order valence-corrected chi connectivity index (χ1v) is 6.29. The Kier molecular flexibility index (Phi) is 12.9. The Labute approximate surface area is 145 Å². The summed E-state index contributed by atoms with van der Waals surface area (Å²) in [6.07, 6.45) is -8.54. The van der Waals surface area contributed by atoms with E-state index in [4.69, 9.17) is 46.0 Å². The van der Waals surface area contributed by atoms with Crippen molar-refractivity contribution in [2.75, 3.05) is 19.8 Å². The van der Waals surface area contributed by atoms with Crippen LogP contribution in [0.15, 0.2) is 0 Å². The molecule has 1 heterocycles. The maximum atomic E-state index is 9.25. The number of aliphatic hydroxyl groups is 10. The third kappa shape index (κ3) is 6.91. The molecule has 0 aromatic rings. The minimum atomic E-state index is -2.16. The zero-order valence-corrected chi connectivity index (χ0v) is 14.4. The zero-order valence-electron chi connectivity index (χ0n) is 11.9. The molecule has 1 aliphatic rings. The van der Waals surface area contributed by atoms with Crippen LogP contribution in [0.5, 0.6) is 0 Å². The van der Waals surface area contributed by atoms with Crippen LogP contribution < -0.4 is 0 Å². The van der Waals surface area contributed by atoms with E-state index in [1.807, 2.05) is 0 Å². The maximum Gasteiger partial charge on any atom is 1.00 e. The molecule has 0 aliphatic carbocycles. The van der Waals surface area contributed by atoms with Gasteiger partial charge in [0.25, 0.3) is 0 Å². The molecule has 23 heavy (non-hydrogen) atoms. The van der Waals surface area contributed by atoms with Gasteiger partial charge in [-0.25, -0.2) is 0 Å². The Morgan fingerprint density at radius 3 is 1.87 bits per heavy atom. The quantitative estimate of drug-likeness (QED) is 0.149. The summed E-state index contributed by atoms with van der Waals surface area (Å²) in [5.74, 6) is -2.16. The van der Waals surface area contributed by atoms with E-state index in [9.17, 15) is 5.11 Å². The van der Waals surface area contributed by atoms with E-state index in [0.717, 1.165) is 0 Å². The van der Waals surface area contributed by atoms with Crippen molar-refractivity contribution < 1.29 is 75.6 Å². The molecule has 0 spiro atoms. The molecule has 12 heteroatoms. The first-order valence-electron chi connectivity index (χ1n) is 6.29. The number of hydrogen-bond donors (Lipinski definition) is 10. The van der Waals surface area contributed by atoms with E-state index in [0.29, 0.717) is 6.61 Å². The molecule has 1 fully saturated rings. The second-order valence-corrected chi connectivity index (χ2v) is 4.66. The van der Waals surface area contributed by atoms with E-state index < -0.39 is 62.2 Å². The van der Waals surface area contributed by atoms with Crippen LogP contribution in [0, 0.1) is 6.61 Å². The Balaban J connectivity index is 0. The van der Waals surface area contributed by atoms with Crippen molar-refractivity contribution in [3.63, 3.8) is 0 Å². The van der Waals surface area contributed by atoms with Gasteiger partial charge in [0.1, 0.15) is 24.4 Å². The van der Waals surface area contributed by atoms with Gasteiger partial charge in [-0.05, 0) is 6.10 Å². The maximum absolute atomic E-state index is 9.25. The first kappa shape index (κ1) is 25.4. The molecule has 0 aromatic carbocycles. The van der Waals surface area contributed by atoms with Gasteiger partial charge in [0, 0.05) is 0 Å². The van der Waals surface area contributed by atoms with E-state index in [-0.39, 0.29) is 19.8 Å². The van der Waals surface area contributed by atoms with Crippen molar-refractivity contribution >= 4 is 0 Å². The van der Waals surface area contributed by atoms with Crippen LogP contribution >= 0.6 is 0 Å². The SMILES string of the molecule is OC[C@H]1OC(O)(CO)[C@@H](O)[C@@H]1O.O[CH-][C@@H](O)[C@H](O)[C@H](O)CO.[Os+]. The summed E-state index contributed by atoms with van der Waals surface area (Å²) >= 11 is 0. The van der Waals surface area contributed by atoms with Gasteiger partial charge in [0.15, 0.2) is 0 Å². The fourth-order valence-electron chi connectivity index (χ4n) is 1.57. The van der Waals surface area contributed by atoms with Crippen molar-refractivity contribution in [1.82, 2.24) is 0 Å². The van der Waals surface area contributed by atoms with Gasteiger partial charge in [-0.3, -0.25) is 0 Å². The van der Waals surface area contributed by atoms with Crippen molar-refractivity contribution in [2.45, 2.75) is 42.4 Å². The molecular formula is C11H23O11Os. The topological polar surface area (TPSA) is 212 Å². The van der Waals surface area contributed by atoms with Crippen molar-refractivity contribution in [1.29, 1.82) is 0 Å². The second-order valence-electron chi connectivity index (χ2n) is 4.66. The minimum Gasteiger partial charge on any atom is -0.563 e. The number of ether oxygens (including phenoxy) is 1. The molecule has 0 amide bonds. The summed E-state index contributed by atoms with van der Waals surface area (Å²) in [6, 6.07) is 0. The Morgan fingerprint density at radius 2 is 1.61 bits per heavy atom. The summed E-state index contributed by atoms with van der Waals surface area (Å²) in [5.41, 5.74) is 0. The van der Waals surface area contributed by atoms with E-state index in [1.165, 1.54) is 0 Å². The van der Waals surface area contributed by atoms with Crippen LogP contribution in [0.3, 0.4) is 0 Å². The molecule has 1 rings (SSSR count). The van der Waals surface area contributed by atoms with Crippen molar-refractivity contribution in [2.24, 2.45) is 0 Å². The first-order chi connectivity index (χ1) is 10.2. The van der Waals surface area contributed by atoms with E-state index in [1.54, 1.807) is 0 Å². The number of rotatable bonds is 6. The van der Waals surface area contributed by atoms with E-state index >= 15 is 0 Å². The fraction of sp³-hybridized carbons (Fsp3) is 0.909. The molecule has 10 N–H and O–H groups in total. The summed E-state index contributed by atoms with van der Waals surface area (Å²) in [4.78, 5) is 0. The molecule has 0 saturated carbocycles. The molecule has 1 radical (unpaired) electrons. The van der Waals surface area contributed by atoms with Crippen molar-refractivity contribution in [3.8, 4) is 0 Å². The van der Waals surface area contributed by atoms with Gasteiger partial charge < -0.3 is 55.8 Å². The summed E-state index contributed by atoms with van der Waals surface area (Å²) in [5, 5.41) is 87.0. The molecule has 0 aromatic heterocycles. The van der Waals surface area contributed by atoms with Gasteiger partial charge in [0.05, 0.1) is 25.9 Å². The monoisotopic (exact) mass is 523 g/mol. The van der Waals surface area contributed by atoms with Crippen LogP contribution in [-0.4, -0.2) is 113 Å². The van der Waals surface area contributed by atoms with Gasteiger partial charge in [-0.2, -0.15) is 6.61 Å². The molecular weight excluding hydrogens is 498 g/mol. The fourth-order valence-corrected chi connectivity index (χ4v) is 1.57. The zero-order chi connectivity index (χ0) is 17.5. The number of aliphatic hydroxyl groups excluding tert-OH is 9. The average molecular weight is 522 g/mol. The normalized spacial score (nSPS) is 33.9. The number of hydrogen-bond acceptors (Lipinski definition) is 11. The predicted octanol–water partition coefficient (Wildman–Crippen LogP) is -5.63. The largest absolute Gasteiger partial charge is 1.00 e. The van der Waals surface area contributed by atoms with E-state index in [2.05, 4.69) is 4.74 Å². The summed E-state index contributed by atoms with van der Waals surface area (Å²) in [7, 11) is 0. The smallest absolute Gasteiger partial charge is 0.563 e. The van der Waals surface area contributed by atoms with Crippen molar-refractivity contribution in [3.05, 3.63) is 6.61 Å². The summed E-state index contributed by atoms with van der Waals surface area (Å²) < 4.78 is 4.63. The van der Waals surface area contributed by atoms with Crippen LogP contribution in [0.2, 0.25) is 0 Å². The van der Waals surface area contributed by atoms with Crippen LogP contribution in [0.25, 0.3) is 0 Å². The molecule has 1 unspecified atom stereocenters. The van der Waals surface area contributed by atoms with Gasteiger partial charge in [-0.15, -0.1) is 0 Å². The van der Waals surface area contributed by atoms with Crippen LogP contribution in [-0.2, 0) is 24.5 Å².